The Kier molecular flexibility index (Phi) is 2.17. The average molecular weight is 224 g/mol. The first-order chi connectivity index (χ1) is 7.65. The highest BCUT2D eigenvalue weighted by atomic mass is 16.5. The van der Waals surface area contributed by atoms with Gasteiger partial charge in [0.1, 0.15) is 12.6 Å². The van der Waals surface area contributed by atoms with Gasteiger partial charge in [-0.15, -0.1) is 0 Å². The van der Waals surface area contributed by atoms with Crippen molar-refractivity contribution in [1.82, 2.24) is 10.2 Å². The topological polar surface area (TPSA) is 58.6 Å². The van der Waals surface area contributed by atoms with Gasteiger partial charge in [-0.3, -0.25) is 9.59 Å². The van der Waals surface area contributed by atoms with Crippen molar-refractivity contribution in [2.24, 2.45) is 0 Å². The molecule has 0 aromatic rings. The van der Waals surface area contributed by atoms with Crippen LogP contribution in [-0.4, -0.2) is 47.6 Å². The normalized spacial score (nSPS) is 42.7. The Morgan fingerprint density at radius 3 is 2.81 bits per heavy atom. The van der Waals surface area contributed by atoms with Gasteiger partial charge in [0.2, 0.25) is 11.8 Å². The second-order valence-electron chi connectivity index (χ2n) is 4.93. The van der Waals surface area contributed by atoms with E-state index in [1.54, 1.807) is 11.8 Å². The van der Waals surface area contributed by atoms with E-state index in [0.717, 1.165) is 19.3 Å². The molecule has 1 N–H and O–H groups in total. The molecule has 88 valence electrons. The van der Waals surface area contributed by atoms with Crippen molar-refractivity contribution in [3.63, 3.8) is 0 Å². The molecule has 0 aromatic heterocycles. The number of hydrogen-bond donors (Lipinski definition) is 1. The van der Waals surface area contributed by atoms with E-state index in [1.807, 2.05) is 0 Å². The van der Waals surface area contributed by atoms with Crippen LogP contribution in [0.1, 0.15) is 26.2 Å². The molecule has 3 aliphatic rings. The minimum absolute atomic E-state index is 0.0285. The summed E-state index contributed by atoms with van der Waals surface area (Å²) in [5.74, 6) is -0.0318. The predicted octanol–water partition coefficient (Wildman–Crippen LogP) is -0.347. The van der Waals surface area contributed by atoms with Crippen LogP contribution in [-0.2, 0) is 14.3 Å². The van der Waals surface area contributed by atoms with Gasteiger partial charge >= 0.3 is 0 Å². The van der Waals surface area contributed by atoms with Crippen molar-refractivity contribution in [3.8, 4) is 0 Å². The maximum atomic E-state index is 12.0. The van der Waals surface area contributed by atoms with Crippen LogP contribution in [0.25, 0.3) is 0 Å². The highest BCUT2D eigenvalue weighted by Gasteiger charge is 2.47. The first kappa shape index (κ1) is 10.1. The van der Waals surface area contributed by atoms with Crippen LogP contribution in [0, 0.1) is 0 Å². The van der Waals surface area contributed by atoms with E-state index < -0.39 is 0 Å². The van der Waals surface area contributed by atoms with E-state index in [2.05, 4.69) is 5.32 Å². The van der Waals surface area contributed by atoms with Crippen molar-refractivity contribution in [2.75, 3.05) is 6.54 Å². The third kappa shape index (κ3) is 1.42. The number of fused-ring (bicyclic) bond motifs is 2. The summed E-state index contributed by atoms with van der Waals surface area (Å²) in [5, 5.41) is 2.66. The van der Waals surface area contributed by atoms with E-state index >= 15 is 0 Å². The maximum Gasteiger partial charge on any atom is 0.245 e. The molecular formula is C11H16N2O3. The number of nitrogens with one attached hydrogen (secondary N) is 1. The van der Waals surface area contributed by atoms with Gasteiger partial charge in [0, 0.05) is 0 Å². The minimum Gasteiger partial charge on any atom is -0.373 e. The Bertz CT molecular complexity index is 344. The van der Waals surface area contributed by atoms with Crippen LogP contribution in [0.5, 0.6) is 0 Å². The molecule has 2 bridgehead atoms. The van der Waals surface area contributed by atoms with Crippen LogP contribution in [0.3, 0.4) is 0 Å². The quantitative estimate of drug-likeness (QED) is 0.662. The highest BCUT2D eigenvalue weighted by Crippen LogP contribution is 2.37. The standard InChI is InChI=1S/C11H16N2O3/c1-6-11(15)13(5-10(14)12-6)8-4-7-2-3-9(8)16-7/h6-9H,2-5H2,1H3,(H,12,14). The Morgan fingerprint density at radius 2 is 2.19 bits per heavy atom. The lowest BCUT2D eigenvalue weighted by atomic mass is 9.93. The molecule has 0 aliphatic carbocycles. The Hall–Kier alpha value is -1.10. The van der Waals surface area contributed by atoms with Crippen molar-refractivity contribution < 1.29 is 14.3 Å². The smallest absolute Gasteiger partial charge is 0.245 e. The van der Waals surface area contributed by atoms with Crippen molar-refractivity contribution in [3.05, 3.63) is 0 Å². The first-order valence-corrected chi connectivity index (χ1v) is 5.90. The summed E-state index contributed by atoms with van der Waals surface area (Å²) in [6, 6.07) is -0.264. The van der Waals surface area contributed by atoms with Gasteiger partial charge in [-0.05, 0) is 26.2 Å². The molecule has 3 aliphatic heterocycles. The summed E-state index contributed by atoms with van der Waals surface area (Å²) in [7, 11) is 0. The van der Waals surface area contributed by atoms with Crippen LogP contribution in [0.2, 0.25) is 0 Å². The molecule has 0 spiro atoms. The predicted molar refractivity (Wildman–Crippen MR) is 55.6 cm³/mol. The molecule has 0 aromatic carbocycles. The van der Waals surface area contributed by atoms with E-state index in [0.29, 0.717) is 6.10 Å². The second kappa shape index (κ2) is 3.45. The van der Waals surface area contributed by atoms with E-state index in [4.69, 9.17) is 4.74 Å². The zero-order valence-electron chi connectivity index (χ0n) is 9.31. The fraction of sp³-hybridized carbons (Fsp3) is 0.818. The first-order valence-electron chi connectivity index (χ1n) is 5.90. The Balaban J connectivity index is 1.78. The average Bonchev–Trinajstić information content (AvgIpc) is 2.84. The summed E-state index contributed by atoms with van der Waals surface area (Å²) in [5.41, 5.74) is 0. The van der Waals surface area contributed by atoms with E-state index in [9.17, 15) is 9.59 Å². The largest absolute Gasteiger partial charge is 0.373 e. The molecule has 5 heteroatoms. The van der Waals surface area contributed by atoms with Gasteiger partial charge in [-0.25, -0.2) is 0 Å². The number of piperazine rings is 1. The summed E-state index contributed by atoms with van der Waals surface area (Å²) < 4.78 is 5.73. The molecule has 0 radical (unpaired) electrons. The van der Waals surface area contributed by atoms with Crippen LogP contribution < -0.4 is 5.32 Å². The number of rotatable bonds is 1. The molecule has 3 heterocycles. The summed E-state index contributed by atoms with van der Waals surface area (Å²) in [6.07, 6.45) is 3.49. The summed E-state index contributed by atoms with van der Waals surface area (Å²) >= 11 is 0. The molecule has 4 unspecified atom stereocenters. The van der Waals surface area contributed by atoms with Crippen molar-refractivity contribution >= 4 is 11.8 Å². The lowest BCUT2D eigenvalue weighted by Gasteiger charge is -2.37. The van der Waals surface area contributed by atoms with Crippen LogP contribution >= 0.6 is 0 Å². The lowest BCUT2D eigenvalue weighted by Crippen LogP contribution is -2.61. The van der Waals surface area contributed by atoms with E-state index in [1.165, 1.54) is 0 Å². The molecule has 16 heavy (non-hydrogen) atoms. The number of carbonyl (C=O) groups is 2. The second-order valence-corrected chi connectivity index (χ2v) is 4.93. The molecule has 0 saturated carbocycles. The summed E-state index contributed by atoms with van der Waals surface area (Å²) in [4.78, 5) is 25.2. The number of nitrogens with zero attached hydrogens (tertiary/aromatic N) is 1. The number of amides is 2. The van der Waals surface area contributed by atoms with Gasteiger partial charge < -0.3 is 15.0 Å². The summed E-state index contributed by atoms with van der Waals surface area (Å²) in [6.45, 7) is 1.93. The molecule has 3 rings (SSSR count). The minimum atomic E-state index is -0.389. The third-order valence-corrected chi connectivity index (χ3v) is 3.82. The molecule has 5 nitrogen and oxygen atoms in total. The van der Waals surface area contributed by atoms with Crippen LogP contribution in [0.4, 0.5) is 0 Å². The lowest BCUT2D eigenvalue weighted by molar-refractivity contribution is -0.147. The van der Waals surface area contributed by atoms with Gasteiger partial charge in [0.05, 0.1) is 18.2 Å². The van der Waals surface area contributed by atoms with Crippen LogP contribution in [0.15, 0.2) is 0 Å². The molecule has 2 amide bonds. The third-order valence-electron chi connectivity index (χ3n) is 3.82. The molecule has 4 atom stereocenters. The molecule has 3 saturated heterocycles. The van der Waals surface area contributed by atoms with Gasteiger partial charge in [0.15, 0.2) is 0 Å². The monoisotopic (exact) mass is 224 g/mol. The van der Waals surface area contributed by atoms with Gasteiger partial charge in [-0.1, -0.05) is 0 Å². The number of carbonyl (C=O) groups excluding carboxylic acids is 2. The van der Waals surface area contributed by atoms with E-state index in [-0.39, 0.29) is 36.5 Å². The SMILES string of the molecule is CC1NC(=O)CN(C2CC3CCC2O3)C1=O. The molecular weight excluding hydrogens is 208 g/mol. The number of ether oxygens (including phenoxy) is 1. The molecule has 3 fully saturated rings. The van der Waals surface area contributed by atoms with Gasteiger partial charge in [-0.2, -0.15) is 0 Å². The zero-order valence-corrected chi connectivity index (χ0v) is 9.31. The van der Waals surface area contributed by atoms with Crippen molar-refractivity contribution in [2.45, 2.75) is 50.5 Å². The highest BCUT2D eigenvalue weighted by molar-refractivity contribution is 5.94. The van der Waals surface area contributed by atoms with Gasteiger partial charge in [0.25, 0.3) is 0 Å². The zero-order chi connectivity index (χ0) is 11.3. The fourth-order valence-electron chi connectivity index (χ4n) is 3.05. The fourth-order valence-corrected chi connectivity index (χ4v) is 3.05. The Morgan fingerprint density at radius 1 is 1.38 bits per heavy atom. The van der Waals surface area contributed by atoms with Crippen molar-refractivity contribution in [1.29, 1.82) is 0 Å². The Labute approximate surface area is 94.1 Å². The maximum absolute atomic E-state index is 12.0. The number of hydrogen-bond acceptors (Lipinski definition) is 3.